The molecule has 0 amide bonds. The lowest BCUT2D eigenvalue weighted by Crippen LogP contribution is -2.48. The van der Waals surface area contributed by atoms with Gasteiger partial charge >= 0.3 is 11.9 Å². The smallest absolute Gasteiger partial charge is 0.341 e. The number of carbonyl (C=O) groups is 2. The monoisotopic (exact) mass is 544 g/mol. The molecule has 0 aromatic rings. The molecule has 0 unspecified atom stereocenters. The number of aliphatic hydroxyl groups excluding tert-OH is 2. The van der Waals surface area contributed by atoms with Crippen LogP contribution < -0.4 is 0 Å². The molecule has 3 N–H and O–H groups in total. The molecule has 0 aromatic carbocycles. The van der Waals surface area contributed by atoms with Crippen LogP contribution in [0.4, 0.5) is 0 Å². The highest BCUT2D eigenvalue weighted by Gasteiger charge is 2.56. The summed E-state index contributed by atoms with van der Waals surface area (Å²) in [5, 5.41) is 26.9. The van der Waals surface area contributed by atoms with Gasteiger partial charge in [-0.1, -0.05) is 42.4 Å². The highest BCUT2D eigenvalue weighted by Crippen LogP contribution is 2.33. The van der Waals surface area contributed by atoms with Crippen molar-refractivity contribution in [3.63, 3.8) is 0 Å². The zero-order valence-electron chi connectivity index (χ0n) is 23.3. The number of hydrogen-bond acceptors (Lipinski definition) is 10. The number of cyclic esters (lactones) is 2. The van der Waals surface area contributed by atoms with Crippen molar-refractivity contribution in [2.24, 2.45) is 0 Å². The average molecular weight is 545 g/mol. The Kier molecular flexibility index (Phi) is 15.2. The summed E-state index contributed by atoms with van der Waals surface area (Å²) in [6.45, 7) is 15.9. The Bertz CT molecular complexity index is 848. The van der Waals surface area contributed by atoms with Crippen LogP contribution >= 0.6 is 0 Å². The lowest BCUT2D eigenvalue weighted by Gasteiger charge is -2.28. The van der Waals surface area contributed by atoms with E-state index in [9.17, 15) is 14.7 Å². The van der Waals surface area contributed by atoms with Gasteiger partial charge in [-0.05, 0) is 55.4 Å². The van der Waals surface area contributed by atoms with E-state index in [1.54, 1.807) is 6.92 Å². The minimum Gasteiger partial charge on any atom is -0.455 e. The highest BCUT2D eigenvalue weighted by atomic mass is 16.7. The average Bonchev–Trinajstić information content (AvgIpc) is 3.15. The molecular formula is C28H48O10. The third kappa shape index (κ3) is 10.2. The van der Waals surface area contributed by atoms with Crippen molar-refractivity contribution in [3.8, 4) is 0 Å². The van der Waals surface area contributed by atoms with Crippen LogP contribution in [0.2, 0.25) is 0 Å². The van der Waals surface area contributed by atoms with Crippen molar-refractivity contribution in [3.05, 3.63) is 34.9 Å². The third-order valence-corrected chi connectivity index (χ3v) is 5.86. The number of carbonyl (C=O) groups excluding carboxylic acids is 2. The van der Waals surface area contributed by atoms with Gasteiger partial charge < -0.3 is 39.0 Å². The molecule has 10 nitrogen and oxygen atoms in total. The Morgan fingerprint density at radius 2 is 1.37 bits per heavy atom. The molecule has 6 atom stereocenters. The molecule has 2 fully saturated rings. The molecule has 2 aliphatic rings. The van der Waals surface area contributed by atoms with E-state index in [1.165, 1.54) is 5.57 Å². The van der Waals surface area contributed by atoms with Crippen molar-refractivity contribution in [1.29, 1.82) is 0 Å². The third-order valence-electron chi connectivity index (χ3n) is 5.86. The number of ether oxygens (including phenoxy) is 5. The summed E-state index contributed by atoms with van der Waals surface area (Å²) in [5.41, 5.74) is 0.432. The fraction of sp³-hybridized carbons (Fsp3) is 0.714. The Hall–Kier alpha value is -2.08. The molecule has 0 spiro atoms. The second-order valence-electron chi connectivity index (χ2n) is 10.2. The van der Waals surface area contributed by atoms with Crippen molar-refractivity contribution in [2.75, 3.05) is 33.0 Å². The van der Waals surface area contributed by atoms with Gasteiger partial charge in [0.15, 0.2) is 23.4 Å². The molecule has 0 aliphatic carbocycles. The fourth-order valence-corrected chi connectivity index (χ4v) is 3.37. The zero-order chi connectivity index (χ0) is 28.4. The first-order chi connectivity index (χ1) is 17.2. The summed E-state index contributed by atoms with van der Waals surface area (Å²) in [6.07, 6.45) is 2.53. The number of aliphatic hydroxyl groups is 3. The van der Waals surface area contributed by atoms with E-state index in [4.69, 9.17) is 29.2 Å². The van der Waals surface area contributed by atoms with Gasteiger partial charge in [-0.2, -0.15) is 0 Å². The van der Waals surface area contributed by atoms with Crippen LogP contribution in [0, 0.1) is 0 Å². The first-order valence-electron chi connectivity index (χ1n) is 12.3. The van der Waals surface area contributed by atoms with E-state index >= 15 is 0 Å². The Balaban J connectivity index is 0.000000952. The summed E-state index contributed by atoms with van der Waals surface area (Å²) < 4.78 is 27.5. The van der Waals surface area contributed by atoms with Crippen molar-refractivity contribution in [2.45, 2.75) is 98.4 Å². The van der Waals surface area contributed by atoms with Gasteiger partial charge in [0.1, 0.15) is 12.2 Å². The lowest BCUT2D eigenvalue weighted by atomic mass is 9.97. The summed E-state index contributed by atoms with van der Waals surface area (Å²) in [7, 11) is 0. The Labute approximate surface area is 227 Å². The van der Waals surface area contributed by atoms with Crippen LogP contribution in [-0.4, -0.2) is 95.9 Å². The molecule has 38 heavy (non-hydrogen) atoms. The highest BCUT2D eigenvalue weighted by molar-refractivity contribution is 5.83. The van der Waals surface area contributed by atoms with Crippen LogP contribution in [0.1, 0.15) is 62.8 Å². The van der Waals surface area contributed by atoms with Crippen LogP contribution in [0.15, 0.2) is 34.9 Å². The summed E-state index contributed by atoms with van der Waals surface area (Å²) in [6, 6.07) is 0. The molecule has 220 valence electrons. The van der Waals surface area contributed by atoms with Gasteiger partial charge in [-0.15, -0.1) is 0 Å². The maximum atomic E-state index is 12.5. The molecule has 2 heterocycles. The molecule has 10 heteroatoms. The minimum absolute atomic E-state index is 0. The maximum absolute atomic E-state index is 12.5. The van der Waals surface area contributed by atoms with E-state index in [0.717, 1.165) is 18.1 Å². The Morgan fingerprint density at radius 3 is 1.82 bits per heavy atom. The van der Waals surface area contributed by atoms with Gasteiger partial charge in [-0.3, -0.25) is 0 Å². The first kappa shape index (κ1) is 35.9. The van der Waals surface area contributed by atoms with Gasteiger partial charge in [0.25, 0.3) is 0 Å². The standard InChI is InChI=1S/C21H34O5.C6H10O5.CH4/c1-15(2)8-11-23-14-18-19(24-12-9-16(3)4)21(7,20(22)26-18)25-13-10-17(5)6;1-6(10)4(8)3(2-7)11-5(6)9;/h8-10,18-19H,11-14H2,1-7H3;3-4,7-8,10H,2H2,1H3;1H4/t18-,19-,21-;3-,4-,6-;/m11./s1. The van der Waals surface area contributed by atoms with Gasteiger partial charge in [0, 0.05) is 0 Å². The summed E-state index contributed by atoms with van der Waals surface area (Å²) in [5.74, 6) is -1.30. The largest absolute Gasteiger partial charge is 0.455 e. The van der Waals surface area contributed by atoms with E-state index in [2.05, 4.69) is 4.74 Å². The fourth-order valence-electron chi connectivity index (χ4n) is 3.37. The van der Waals surface area contributed by atoms with E-state index in [0.29, 0.717) is 19.8 Å². The SMILES string of the molecule is C.CC(C)=CCOC[C@H]1OC(=O)[C@](C)(OCC=C(C)C)[C@@H]1OCC=C(C)C.C[C@]1(O)C(=O)O[C@H](CO)[C@H]1O. The van der Waals surface area contributed by atoms with Crippen LogP contribution in [0.25, 0.3) is 0 Å². The normalized spacial score (nSPS) is 29.8. The van der Waals surface area contributed by atoms with Crippen LogP contribution in [0.3, 0.4) is 0 Å². The van der Waals surface area contributed by atoms with Crippen molar-refractivity contribution in [1.82, 2.24) is 0 Å². The number of rotatable bonds is 11. The predicted octanol–water partition coefficient (Wildman–Crippen LogP) is 2.64. The molecule has 2 saturated heterocycles. The van der Waals surface area contributed by atoms with Gasteiger partial charge in [0.2, 0.25) is 0 Å². The number of esters is 2. The molecule has 0 saturated carbocycles. The van der Waals surface area contributed by atoms with E-state index in [1.807, 2.05) is 59.8 Å². The number of allylic oxidation sites excluding steroid dienone is 3. The summed E-state index contributed by atoms with van der Waals surface area (Å²) in [4.78, 5) is 23.2. The van der Waals surface area contributed by atoms with Crippen molar-refractivity contribution < 1.29 is 48.6 Å². The minimum atomic E-state index is -1.88. The second-order valence-corrected chi connectivity index (χ2v) is 10.2. The number of hydrogen-bond donors (Lipinski definition) is 3. The van der Waals surface area contributed by atoms with Crippen LogP contribution in [0.5, 0.6) is 0 Å². The molecular weight excluding hydrogens is 496 g/mol. The van der Waals surface area contributed by atoms with E-state index < -0.39 is 54.2 Å². The molecule has 0 aromatic heterocycles. The quantitative estimate of drug-likeness (QED) is 0.202. The zero-order valence-corrected chi connectivity index (χ0v) is 23.3. The van der Waals surface area contributed by atoms with E-state index in [-0.39, 0.29) is 14.0 Å². The van der Waals surface area contributed by atoms with Gasteiger partial charge in [0.05, 0.1) is 33.0 Å². The summed E-state index contributed by atoms with van der Waals surface area (Å²) >= 11 is 0. The second kappa shape index (κ2) is 16.1. The molecule has 0 radical (unpaired) electrons. The lowest BCUT2D eigenvalue weighted by molar-refractivity contribution is -0.162. The molecule has 2 rings (SSSR count). The maximum Gasteiger partial charge on any atom is 0.341 e. The van der Waals surface area contributed by atoms with Crippen molar-refractivity contribution >= 4 is 11.9 Å². The topological polar surface area (TPSA) is 141 Å². The van der Waals surface area contributed by atoms with Gasteiger partial charge in [-0.25, -0.2) is 9.59 Å². The molecule has 0 bridgehead atoms. The van der Waals surface area contributed by atoms with Crippen LogP contribution in [-0.2, 0) is 33.3 Å². The predicted molar refractivity (Wildman–Crippen MR) is 143 cm³/mol. The first-order valence-corrected chi connectivity index (χ1v) is 12.3. The Morgan fingerprint density at radius 1 is 0.868 bits per heavy atom. The molecule has 2 aliphatic heterocycles.